The molecule has 3 fully saturated rings. The van der Waals surface area contributed by atoms with Crippen LogP contribution < -0.4 is 16.0 Å². The minimum atomic E-state index is -1.04. The number of carbonyl (C=O) groups is 5. The summed E-state index contributed by atoms with van der Waals surface area (Å²) in [4.78, 5) is 77.2. The normalized spacial score (nSPS) is 18.2. The van der Waals surface area contributed by atoms with Gasteiger partial charge in [0.25, 0.3) is 11.8 Å². The summed E-state index contributed by atoms with van der Waals surface area (Å²) in [5.41, 5.74) is 3.62. The van der Waals surface area contributed by atoms with Crippen LogP contribution in [0, 0.1) is 17.0 Å². The number of fused-ring (bicyclic) bond motifs is 2. The molecule has 5 heterocycles. The first-order valence-corrected chi connectivity index (χ1v) is 23.2. The highest BCUT2D eigenvalue weighted by Crippen LogP contribution is 2.33. The molecule has 0 radical (unpaired) electrons. The van der Waals surface area contributed by atoms with Gasteiger partial charge in [-0.2, -0.15) is 0 Å². The number of likely N-dealkylation sites (tertiary alicyclic amines) is 1. The molecule has 1 aromatic heterocycles. The van der Waals surface area contributed by atoms with Crippen LogP contribution in [0.5, 0.6) is 0 Å². The molecule has 4 aliphatic rings. The Bertz CT molecular complexity index is 2580. The van der Waals surface area contributed by atoms with E-state index in [4.69, 9.17) is 29.3 Å². The molecule has 0 aliphatic carbocycles. The molecule has 5 amide bonds. The Hall–Kier alpha value is -6.58. The smallest absolute Gasteiger partial charge is 0.264 e. The molecule has 364 valence electrons. The van der Waals surface area contributed by atoms with Crippen molar-refractivity contribution in [1.82, 2.24) is 35.3 Å². The van der Waals surface area contributed by atoms with Crippen molar-refractivity contribution in [2.45, 2.75) is 50.7 Å². The van der Waals surface area contributed by atoms with Gasteiger partial charge in [-0.25, -0.2) is 13.8 Å². The number of hydrogen-bond donors (Lipinski definition) is 4. The highest BCUT2D eigenvalue weighted by Gasteiger charge is 2.45. The van der Waals surface area contributed by atoms with E-state index in [1.165, 1.54) is 24.4 Å². The number of piperidine rings is 2. The van der Waals surface area contributed by atoms with E-state index in [9.17, 15) is 24.0 Å². The van der Waals surface area contributed by atoms with Crippen LogP contribution in [0.2, 0.25) is 0 Å². The molecule has 1 unspecified atom stereocenters. The number of halogens is 2. The Kier molecular flexibility index (Phi) is 16.4. The third-order valence-electron chi connectivity index (χ3n) is 12.5. The first kappa shape index (κ1) is 48.9. The molecular formula is C49H55F2N9O9. The van der Waals surface area contributed by atoms with Gasteiger partial charge in [0, 0.05) is 86.5 Å². The monoisotopic (exact) mass is 951 g/mol. The van der Waals surface area contributed by atoms with Gasteiger partial charge >= 0.3 is 0 Å². The number of para-hydroxylation sites is 1. The number of carbonyl (C=O) groups excluding carboxylic acids is 5. The molecular weight excluding hydrogens is 897 g/mol. The molecule has 3 aromatic carbocycles. The molecule has 3 saturated heterocycles. The summed E-state index contributed by atoms with van der Waals surface area (Å²) in [5, 5.41) is 16.8. The van der Waals surface area contributed by atoms with Crippen molar-refractivity contribution in [1.29, 1.82) is 5.41 Å². The highest BCUT2D eigenvalue weighted by molar-refractivity contribution is 6.25. The number of nitrogens with zero attached hydrogens (tertiary/aromatic N) is 5. The number of morpholine rings is 1. The maximum Gasteiger partial charge on any atom is 0.264 e. The maximum atomic E-state index is 15.4. The second-order valence-corrected chi connectivity index (χ2v) is 17.0. The van der Waals surface area contributed by atoms with E-state index in [2.05, 4.69) is 20.9 Å². The summed E-state index contributed by atoms with van der Waals surface area (Å²) in [6, 6.07) is 11.9. The Morgan fingerprint density at radius 2 is 1.57 bits per heavy atom. The first-order chi connectivity index (χ1) is 33.6. The maximum absolute atomic E-state index is 15.4. The largest absolute Gasteiger partial charge is 0.387 e. The molecule has 0 bridgehead atoms. The second-order valence-electron chi connectivity index (χ2n) is 17.0. The molecule has 4 aliphatic heterocycles. The van der Waals surface area contributed by atoms with Crippen LogP contribution in [0.15, 0.2) is 60.9 Å². The number of allylic oxidation sites excluding steroid dienone is 1. The third-order valence-corrected chi connectivity index (χ3v) is 12.5. The zero-order valence-corrected chi connectivity index (χ0v) is 38.1. The summed E-state index contributed by atoms with van der Waals surface area (Å²) in [6.45, 7) is 5.73. The standard InChI is InChI=1S/C49H55F2N9O9/c50-37-25-31(26-38(51)36(37)30-58-15-19-68-20-16-58)34-3-1-6-40-46(34)56-41(29-55-40)32(27-52)28-54-33-9-13-59(14-10-33)44(62)11-17-66-21-23-69-24-22-67-18-12-53-39-5-2-4-35-45(39)49(65)60(48(35)64)42-7-8-43(61)57-47(42)63/h1-6,25-29,33,42,52-54H,7-24,30H2,(H,57,61,63)/b32-28+,52-27?. The summed E-state index contributed by atoms with van der Waals surface area (Å²) in [5.74, 6) is -3.50. The molecule has 8 rings (SSSR count). The quantitative estimate of drug-likeness (QED) is 0.0529. The molecule has 4 N–H and O–H groups in total. The van der Waals surface area contributed by atoms with Gasteiger partial charge in [-0.05, 0) is 55.2 Å². The van der Waals surface area contributed by atoms with E-state index in [0.717, 1.165) is 4.90 Å². The van der Waals surface area contributed by atoms with E-state index in [-0.39, 0.29) is 61.1 Å². The number of hydrogen-bond acceptors (Lipinski definition) is 15. The zero-order chi connectivity index (χ0) is 48.3. The summed E-state index contributed by atoms with van der Waals surface area (Å²) in [6.07, 6.45) is 6.24. The number of anilines is 1. The Balaban J connectivity index is 0.702. The first-order valence-electron chi connectivity index (χ1n) is 23.2. The zero-order valence-electron chi connectivity index (χ0n) is 38.1. The molecule has 4 aromatic rings. The number of benzene rings is 3. The van der Waals surface area contributed by atoms with Crippen molar-refractivity contribution in [3.8, 4) is 11.1 Å². The van der Waals surface area contributed by atoms with Gasteiger partial charge in [-0.3, -0.25) is 44.1 Å². The van der Waals surface area contributed by atoms with E-state index in [1.54, 1.807) is 42.7 Å². The number of nitrogens with one attached hydrogen (secondary N) is 4. The molecule has 0 saturated carbocycles. The van der Waals surface area contributed by atoms with Crippen LogP contribution in [0.4, 0.5) is 14.5 Å². The lowest BCUT2D eigenvalue weighted by atomic mass is 10.0. The van der Waals surface area contributed by atoms with Crippen LogP contribution in [0.1, 0.15) is 64.1 Å². The number of amides is 5. The average Bonchev–Trinajstić information content (AvgIpc) is 3.61. The lowest BCUT2D eigenvalue weighted by molar-refractivity contribution is -0.136. The van der Waals surface area contributed by atoms with Crippen LogP contribution in [0.25, 0.3) is 27.7 Å². The van der Waals surface area contributed by atoms with Gasteiger partial charge in [0.2, 0.25) is 17.7 Å². The van der Waals surface area contributed by atoms with Crippen molar-refractivity contribution < 1.29 is 51.7 Å². The second kappa shape index (κ2) is 23.1. The molecule has 18 nitrogen and oxygen atoms in total. The Morgan fingerprint density at radius 1 is 0.870 bits per heavy atom. The minimum Gasteiger partial charge on any atom is -0.387 e. The van der Waals surface area contributed by atoms with Crippen molar-refractivity contribution in [2.24, 2.45) is 0 Å². The van der Waals surface area contributed by atoms with Gasteiger partial charge < -0.3 is 39.9 Å². The van der Waals surface area contributed by atoms with Gasteiger partial charge in [0.05, 0.1) is 93.3 Å². The lowest BCUT2D eigenvalue weighted by Crippen LogP contribution is -2.54. The molecule has 1 atom stereocenters. The van der Waals surface area contributed by atoms with E-state index in [1.807, 2.05) is 9.80 Å². The van der Waals surface area contributed by atoms with Gasteiger partial charge in [0.15, 0.2) is 0 Å². The molecule has 20 heteroatoms. The number of imide groups is 2. The van der Waals surface area contributed by atoms with Crippen molar-refractivity contribution in [2.75, 3.05) is 90.9 Å². The minimum absolute atomic E-state index is 0.00362. The predicted octanol–water partition coefficient (Wildman–Crippen LogP) is 3.93. The van der Waals surface area contributed by atoms with Crippen LogP contribution in [-0.4, -0.2) is 158 Å². The topological polar surface area (TPSA) is 218 Å². The summed E-state index contributed by atoms with van der Waals surface area (Å²) in [7, 11) is 0. The fraction of sp³-hybridized carbons (Fsp3) is 0.429. The fourth-order valence-corrected chi connectivity index (χ4v) is 8.77. The lowest BCUT2D eigenvalue weighted by Gasteiger charge is -2.32. The number of ether oxygens (including phenoxy) is 4. The molecule has 69 heavy (non-hydrogen) atoms. The predicted molar refractivity (Wildman–Crippen MR) is 249 cm³/mol. The van der Waals surface area contributed by atoms with Crippen LogP contribution >= 0.6 is 0 Å². The fourth-order valence-electron chi connectivity index (χ4n) is 8.77. The van der Waals surface area contributed by atoms with Crippen LogP contribution in [-0.2, 0) is 39.9 Å². The average molecular weight is 952 g/mol. The number of rotatable bonds is 21. The Morgan fingerprint density at radius 3 is 2.29 bits per heavy atom. The SMILES string of the molecule is N=C/C(=C\NC1CCN(C(=O)CCOCCOCCOCCNc2cccc3c2C(=O)N(C2CCC(=O)NC2=O)C3=O)CC1)c1cnc2cccc(-c3cc(F)c(CN4CCOCC4)c(F)c3)c2n1. The number of aromatic nitrogens is 2. The van der Waals surface area contributed by atoms with Crippen molar-refractivity contribution in [3.05, 3.63) is 94.9 Å². The van der Waals surface area contributed by atoms with Gasteiger partial charge in [0.1, 0.15) is 17.7 Å². The summed E-state index contributed by atoms with van der Waals surface area (Å²) >= 11 is 0. The summed E-state index contributed by atoms with van der Waals surface area (Å²) < 4.78 is 53.0. The van der Waals surface area contributed by atoms with E-state index < -0.39 is 41.3 Å². The van der Waals surface area contributed by atoms with Crippen LogP contribution in [0.3, 0.4) is 0 Å². The molecule has 0 spiro atoms. The third kappa shape index (κ3) is 11.8. The van der Waals surface area contributed by atoms with Crippen molar-refractivity contribution >= 4 is 58.0 Å². The Labute approximate surface area is 397 Å². The van der Waals surface area contributed by atoms with Gasteiger partial charge in [-0.1, -0.05) is 18.2 Å². The van der Waals surface area contributed by atoms with Gasteiger partial charge in [-0.15, -0.1) is 0 Å². The van der Waals surface area contributed by atoms with Crippen molar-refractivity contribution in [3.63, 3.8) is 0 Å². The highest BCUT2D eigenvalue weighted by atomic mass is 19.1. The van der Waals surface area contributed by atoms with E-state index >= 15 is 8.78 Å². The van der Waals surface area contributed by atoms with E-state index in [0.29, 0.717) is 131 Å².